The molecular weight excluding hydrogens is 208 g/mol. The number of rotatable bonds is 4. The van der Waals surface area contributed by atoms with Crippen LogP contribution in [0.4, 0.5) is 11.4 Å². The summed E-state index contributed by atoms with van der Waals surface area (Å²) in [5, 5.41) is 8.38. The van der Waals surface area contributed by atoms with E-state index in [0.29, 0.717) is 0 Å². The highest BCUT2D eigenvalue weighted by atomic mass is 15.1. The maximum Gasteiger partial charge on any atom is 0.0857 e. The fraction of sp³-hybridized carbons (Fsp3) is 0.200. The van der Waals surface area contributed by atoms with Crippen molar-refractivity contribution in [1.29, 1.82) is 0 Å². The number of benzene rings is 2. The molecular formula is C15H16N2. The Morgan fingerprint density at radius 2 is 1.35 bits per heavy atom. The molecule has 0 aliphatic rings. The highest BCUT2D eigenvalue weighted by Gasteiger charge is 1.92. The first kappa shape index (κ1) is 11.5. The van der Waals surface area contributed by atoms with Crippen molar-refractivity contribution in [2.24, 2.45) is 10.2 Å². The molecule has 17 heavy (non-hydrogen) atoms. The van der Waals surface area contributed by atoms with Gasteiger partial charge in [-0.3, -0.25) is 0 Å². The van der Waals surface area contributed by atoms with Gasteiger partial charge in [0.25, 0.3) is 0 Å². The van der Waals surface area contributed by atoms with E-state index >= 15 is 0 Å². The lowest BCUT2D eigenvalue weighted by molar-refractivity contribution is 0.922. The van der Waals surface area contributed by atoms with E-state index < -0.39 is 0 Å². The van der Waals surface area contributed by atoms with Crippen LogP contribution in [0.2, 0.25) is 0 Å². The van der Waals surface area contributed by atoms with Gasteiger partial charge in [0.15, 0.2) is 0 Å². The average Bonchev–Trinajstić information content (AvgIpc) is 2.40. The van der Waals surface area contributed by atoms with Crippen molar-refractivity contribution in [2.75, 3.05) is 0 Å². The largest absolute Gasteiger partial charge is 0.151 e. The standard InChI is InChI=1S/C15H16N2/c1-2-6-13-9-11-15(12-10-13)17-16-14-7-4-3-5-8-14/h3-5,7-12H,2,6H2,1H3/b17-16+. The molecule has 0 N–H and O–H groups in total. The SMILES string of the molecule is CCCc1ccc(/N=N/c2ccccc2)cc1. The summed E-state index contributed by atoms with van der Waals surface area (Å²) in [7, 11) is 0. The van der Waals surface area contributed by atoms with Crippen LogP contribution in [0.3, 0.4) is 0 Å². The Kier molecular flexibility index (Phi) is 4.03. The molecule has 2 rings (SSSR count). The summed E-state index contributed by atoms with van der Waals surface area (Å²) >= 11 is 0. The second-order valence-electron chi connectivity index (χ2n) is 3.95. The van der Waals surface area contributed by atoms with Crippen LogP contribution in [0, 0.1) is 0 Å². The molecule has 0 spiro atoms. The molecule has 0 aromatic heterocycles. The van der Waals surface area contributed by atoms with Gasteiger partial charge in [-0.15, -0.1) is 0 Å². The number of nitrogens with zero attached hydrogens (tertiary/aromatic N) is 2. The van der Waals surface area contributed by atoms with Crippen LogP contribution in [0.15, 0.2) is 64.8 Å². The van der Waals surface area contributed by atoms with Gasteiger partial charge in [0.2, 0.25) is 0 Å². The second-order valence-corrected chi connectivity index (χ2v) is 3.95. The molecule has 0 aliphatic carbocycles. The minimum Gasteiger partial charge on any atom is -0.151 e. The van der Waals surface area contributed by atoms with E-state index in [9.17, 15) is 0 Å². The lowest BCUT2D eigenvalue weighted by Gasteiger charge is -1.98. The van der Waals surface area contributed by atoms with Crippen LogP contribution < -0.4 is 0 Å². The van der Waals surface area contributed by atoms with Crippen molar-refractivity contribution in [2.45, 2.75) is 19.8 Å². The normalized spacial score (nSPS) is 10.9. The first-order valence-corrected chi connectivity index (χ1v) is 5.94. The van der Waals surface area contributed by atoms with Crippen LogP contribution in [-0.2, 0) is 6.42 Å². The summed E-state index contributed by atoms with van der Waals surface area (Å²) in [6.07, 6.45) is 2.29. The van der Waals surface area contributed by atoms with Crippen molar-refractivity contribution in [3.63, 3.8) is 0 Å². The quantitative estimate of drug-likeness (QED) is 0.649. The Balaban J connectivity index is 2.06. The average molecular weight is 224 g/mol. The lowest BCUT2D eigenvalue weighted by atomic mass is 10.1. The minimum absolute atomic E-state index is 0.880. The Morgan fingerprint density at radius 3 is 1.94 bits per heavy atom. The van der Waals surface area contributed by atoms with Crippen molar-refractivity contribution in [3.05, 3.63) is 60.2 Å². The van der Waals surface area contributed by atoms with Crippen LogP contribution in [0.1, 0.15) is 18.9 Å². The fourth-order valence-electron chi connectivity index (χ4n) is 1.63. The third-order valence-corrected chi connectivity index (χ3v) is 2.51. The van der Waals surface area contributed by atoms with Crippen LogP contribution in [0.25, 0.3) is 0 Å². The molecule has 0 fully saturated rings. The molecule has 86 valence electrons. The second kappa shape index (κ2) is 5.94. The van der Waals surface area contributed by atoms with Crippen molar-refractivity contribution < 1.29 is 0 Å². The highest BCUT2D eigenvalue weighted by molar-refractivity contribution is 5.40. The molecule has 2 heteroatoms. The van der Waals surface area contributed by atoms with E-state index in [1.807, 2.05) is 42.5 Å². The van der Waals surface area contributed by atoms with Gasteiger partial charge in [-0.05, 0) is 36.2 Å². The molecule has 0 bridgehead atoms. The van der Waals surface area contributed by atoms with E-state index in [0.717, 1.165) is 17.8 Å². The summed E-state index contributed by atoms with van der Waals surface area (Å²) in [4.78, 5) is 0. The predicted octanol–water partition coefficient (Wildman–Crippen LogP) is 5.05. The van der Waals surface area contributed by atoms with E-state index in [-0.39, 0.29) is 0 Å². The topological polar surface area (TPSA) is 24.7 Å². The van der Waals surface area contributed by atoms with Crippen molar-refractivity contribution in [1.82, 2.24) is 0 Å². The van der Waals surface area contributed by atoms with E-state index in [1.165, 1.54) is 12.0 Å². The monoisotopic (exact) mass is 224 g/mol. The van der Waals surface area contributed by atoms with Gasteiger partial charge < -0.3 is 0 Å². The van der Waals surface area contributed by atoms with Crippen LogP contribution in [0.5, 0.6) is 0 Å². The summed E-state index contributed by atoms with van der Waals surface area (Å²) in [6.45, 7) is 2.18. The van der Waals surface area contributed by atoms with Crippen LogP contribution in [-0.4, -0.2) is 0 Å². The highest BCUT2D eigenvalue weighted by Crippen LogP contribution is 2.18. The zero-order valence-corrected chi connectivity index (χ0v) is 10.0. The summed E-state index contributed by atoms with van der Waals surface area (Å²) in [6, 6.07) is 18.0. The fourth-order valence-corrected chi connectivity index (χ4v) is 1.63. The third kappa shape index (κ3) is 3.52. The smallest absolute Gasteiger partial charge is 0.0857 e. The minimum atomic E-state index is 0.880. The van der Waals surface area contributed by atoms with Gasteiger partial charge in [-0.25, -0.2) is 0 Å². The van der Waals surface area contributed by atoms with Gasteiger partial charge in [0, 0.05) is 0 Å². The van der Waals surface area contributed by atoms with Gasteiger partial charge in [0.05, 0.1) is 11.4 Å². The summed E-state index contributed by atoms with van der Waals surface area (Å²) < 4.78 is 0. The molecule has 0 aliphatic heterocycles. The molecule has 0 atom stereocenters. The number of aryl methyl sites for hydroxylation is 1. The molecule has 2 nitrogen and oxygen atoms in total. The first-order valence-electron chi connectivity index (χ1n) is 5.94. The summed E-state index contributed by atoms with van der Waals surface area (Å²) in [5.74, 6) is 0. The Labute approximate surface area is 102 Å². The number of azo groups is 1. The number of hydrogen-bond donors (Lipinski definition) is 0. The van der Waals surface area contributed by atoms with Gasteiger partial charge in [-0.2, -0.15) is 10.2 Å². The van der Waals surface area contributed by atoms with Crippen molar-refractivity contribution >= 4 is 11.4 Å². The van der Waals surface area contributed by atoms with Gasteiger partial charge in [0.1, 0.15) is 0 Å². The predicted molar refractivity (Wildman–Crippen MR) is 71.1 cm³/mol. The van der Waals surface area contributed by atoms with E-state index in [2.05, 4.69) is 29.3 Å². The third-order valence-electron chi connectivity index (χ3n) is 2.51. The van der Waals surface area contributed by atoms with E-state index in [4.69, 9.17) is 0 Å². The molecule has 0 radical (unpaired) electrons. The molecule has 0 heterocycles. The van der Waals surface area contributed by atoms with E-state index in [1.54, 1.807) is 0 Å². The zero-order chi connectivity index (χ0) is 11.9. The van der Waals surface area contributed by atoms with Gasteiger partial charge in [-0.1, -0.05) is 43.7 Å². The number of hydrogen-bond acceptors (Lipinski definition) is 2. The molecule has 0 amide bonds. The van der Waals surface area contributed by atoms with Crippen molar-refractivity contribution in [3.8, 4) is 0 Å². The Bertz CT molecular complexity index is 472. The maximum atomic E-state index is 4.20. The Hall–Kier alpha value is -1.96. The zero-order valence-electron chi connectivity index (χ0n) is 10.0. The maximum absolute atomic E-state index is 4.20. The Morgan fingerprint density at radius 1 is 0.765 bits per heavy atom. The van der Waals surface area contributed by atoms with Gasteiger partial charge >= 0.3 is 0 Å². The first-order chi connectivity index (χ1) is 8.38. The molecule has 2 aromatic carbocycles. The molecule has 0 unspecified atom stereocenters. The van der Waals surface area contributed by atoms with Crippen LogP contribution >= 0.6 is 0 Å². The summed E-state index contributed by atoms with van der Waals surface area (Å²) in [5.41, 5.74) is 3.13. The molecule has 0 saturated carbocycles. The molecule has 0 saturated heterocycles. The lowest BCUT2D eigenvalue weighted by Crippen LogP contribution is -1.80. The molecule has 2 aromatic rings.